The van der Waals surface area contributed by atoms with E-state index in [-0.39, 0.29) is 30.7 Å². The smallest absolute Gasteiger partial charge is 0.242 e. The van der Waals surface area contributed by atoms with Gasteiger partial charge in [0.05, 0.1) is 5.54 Å². The van der Waals surface area contributed by atoms with Crippen LogP contribution in [0.3, 0.4) is 0 Å². The average molecular weight is 354 g/mol. The summed E-state index contributed by atoms with van der Waals surface area (Å²) in [6, 6.07) is 0.558. The molecule has 3 saturated heterocycles. The summed E-state index contributed by atoms with van der Waals surface area (Å²) in [5.41, 5.74) is 5.65. The molecule has 1 unspecified atom stereocenters. The summed E-state index contributed by atoms with van der Waals surface area (Å²) >= 11 is 0. The number of hydrogen-bond acceptors (Lipinski definition) is 4. The van der Waals surface area contributed by atoms with Gasteiger partial charge in [0.2, 0.25) is 5.91 Å². The Morgan fingerprint density at radius 3 is 2.32 bits per heavy atom. The molecule has 3 rings (SSSR count). The van der Waals surface area contributed by atoms with Crippen molar-refractivity contribution in [3.63, 3.8) is 0 Å². The van der Waals surface area contributed by atoms with Gasteiger partial charge in [0.25, 0.3) is 0 Å². The van der Waals surface area contributed by atoms with E-state index in [2.05, 4.69) is 4.90 Å². The molecule has 0 saturated carbocycles. The minimum absolute atomic E-state index is 0. The Hall–Kier alpha value is -0.0700. The van der Waals surface area contributed by atoms with E-state index in [0.29, 0.717) is 32.1 Å². The van der Waals surface area contributed by atoms with E-state index in [0.717, 1.165) is 19.5 Å². The van der Waals surface area contributed by atoms with E-state index in [4.69, 9.17) is 10.5 Å². The third-order valence-corrected chi connectivity index (χ3v) is 5.17. The van der Waals surface area contributed by atoms with Crippen LogP contribution in [0.25, 0.3) is 0 Å². The van der Waals surface area contributed by atoms with E-state index in [1.165, 1.54) is 32.4 Å². The van der Waals surface area contributed by atoms with E-state index in [1.54, 1.807) is 0 Å². The maximum atomic E-state index is 12.7. The molecule has 2 N–H and O–H groups in total. The predicted molar refractivity (Wildman–Crippen MR) is 91.9 cm³/mol. The Kier molecular flexibility index (Phi) is 7.89. The van der Waals surface area contributed by atoms with Crippen LogP contribution in [-0.4, -0.2) is 66.7 Å². The van der Waals surface area contributed by atoms with E-state index >= 15 is 0 Å². The molecular formula is C15H29Cl2N3O2. The van der Waals surface area contributed by atoms with E-state index < -0.39 is 5.54 Å². The Morgan fingerprint density at radius 2 is 1.68 bits per heavy atom. The lowest BCUT2D eigenvalue weighted by Crippen LogP contribution is -2.58. The largest absolute Gasteiger partial charge is 0.381 e. The van der Waals surface area contributed by atoms with Crippen molar-refractivity contribution >= 4 is 30.7 Å². The monoisotopic (exact) mass is 353 g/mol. The van der Waals surface area contributed by atoms with Crippen molar-refractivity contribution in [2.45, 2.75) is 50.1 Å². The number of likely N-dealkylation sites (tertiary alicyclic amines) is 2. The molecule has 0 aliphatic carbocycles. The number of amides is 1. The molecule has 22 heavy (non-hydrogen) atoms. The highest BCUT2D eigenvalue weighted by atomic mass is 35.5. The first-order valence-corrected chi connectivity index (χ1v) is 8.09. The van der Waals surface area contributed by atoms with Crippen LogP contribution in [0, 0.1) is 0 Å². The van der Waals surface area contributed by atoms with Gasteiger partial charge in [0.15, 0.2) is 0 Å². The molecule has 130 valence electrons. The van der Waals surface area contributed by atoms with Crippen LogP contribution in [0.1, 0.15) is 38.5 Å². The minimum Gasteiger partial charge on any atom is -0.381 e. The summed E-state index contributed by atoms with van der Waals surface area (Å²) < 4.78 is 5.34. The second-order valence-electron chi connectivity index (χ2n) is 6.56. The molecule has 1 atom stereocenters. The second-order valence-corrected chi connectivity index (χ2v) is 6.56. The number of ether oxygens (including phenoxy) is 1. The fourth-order valence-corrected chi connectivity index (χ4v) is 3.77. The van der Waals surface area contributed by atoms with Gasteiger partial charge in [-0.15, -0.1) is 24.8 Å². The van der Waals surface area contributed by atoms with Gasteiger partial charge in [0, 0.05) is 32.3 Å². The van der Waals surface area contributed by atoms with Crippen molar-refractivity contribution < 1.29 is 9.53 Å². The highest BCUT2D eigenvalue weighted by Gasteiger charge is 2.41. The van der Waals surface area contributed by atoms with Crippen molar-refractivity contribution in [3.05, 3.63) is 0 Å². The van der Waals surface area contributed by atoms with Crippen molar-refractivity contribution in [2.75, 3.05) is 39.4 Å². The normalized spacial score (nSPS) is 28.6. The molecule has 0 aromatic rings. The van der Waals surface area contributed by atoms with Crippen molar-refractivity contribution in [1.82, 2.24) is 9.80 Å². The zero-order valence-corrected chi connectivity index (χ0v) is 14.8. The number of rotatable bonds is 2. The number of piperidine rings is 1. The van der Waals surface area contributed by atoms with Crippen molar-refractivity contribution in [1.29, 1.82) is 0 Å². The van der Waals surface area contributed by atoms with E-state index in [1.807, 2.05) is 4.90 Å². The standard InChI is InChI=1S/C15H27N3O2.2ClH/c16-15(5-10-20-11-6-15)14(19)18-9-4-13(12-18)17-7-2-1-3-8-17;;/h13H,1-12,16H2;2*1H. The number of carbonyl (C=O) groups is 1. The first kappa shape index (κ1) is 20.0. The van der Waals surface area contributed by atoms with Gasteiger partial charge in [-0.3, -0.25) is 9.69 Å². The lowest BCUT2D eigenvalue weighted by Gasteiger charge is -2.36. The van der Waals surface area contributed by atoms with Crippen LogP contribution in [0.4, 0.5) is 0 Å². The van der Waals surface area contributed by atoms with Crippen LogP contribution in [0.2, 0.25) is 0 Å². The maximum absolute atomic E-state index is 12.7. The summed E-state index contributed by atoms with van der Waals surface area (Å²) in [6.45, 7) is 5.39. The number of carbonyl (C=O) groups excluding carboxylic acids is 1. The second kappa shape index (κ2) is 8.69. The zero-order chi connectivity index (χ0) is 14.0. The van der Waals surface area contributed by atoms with Crippen LogP contribution < -0.4 is 5.73 Å². The van der Waals surface area contributed by atoms with Gasteiger partial charge < -0.3 is 15.4 Å². The topological polar surface area (TPSA) is 58.8 Å². The highest BCUT2D eigenvalue weighted by molar-refractivity contribution is 5.86. The summed E-state index contributed by atoms with van der Waals surface area (Å²) in [7, 11) is 0. The molecular weight excluding hydrogens is 325 g/mol. The first-order valence-electron chi connectivity index (χ1n) is 8.09. The van der Waals surface area contributed by atoms with Crippen LogP contribution in [0.5, 0.6) is 0 Å². The average Bonchev–Trinajstić information content (AvgIpc) is 2.98. The number of nitrogens with zero attached hydrogens (tertiary/aromatic N) is 2. The zero-order valence-electron chi connectivity index (χ0n) is 13.2. The fraction of sp³-hybridized carbons (Fsp3) is 0.933. The molecule has 0 aromatic carbocycles. The Bertz CT molecular complexity index is 359. The molecule has 0 aromatic heterocycles. The molecule has 5 nitrogen and oxygen atoms in total. The Morgan fingerprint density at radius 1 is 1.05 bits per heavy atom. The summed E-state index contributed by atoms with van der Waals surface area (Å²) in [5, 5.41) is 0. The van der Waals surface area contributed by atoms with Gasteiger partial charge >= 0.3 is 0 Å². The number of nitrogens with two attached hydrogens (primary N) is 1. The SMILES string of the molecule is Cl.Cl.NC1(C(=O)N2CCC(N3CCCCC3)C2)CCOCC1. The number of hydrogen-bond donors (Lipinski definition) is 1. The molecule has 3 heterocycles. The molecule has 3 aliphatic heterocycles. The van der Waals surface area contributed by atoms with Crippen molar-refractivity contribution in [3.8, 4) is 0 Å². The molecule has 3 fully saturated rings. The van der Waals surface area contributed by atoms with Crippen LogP contribution >= 0.6 is 24.8 Å². The molecule has 3 aliphatic rings. The lowest BCUT2D eigenvalue weighted by atomic mass is 9.90. The van der Waals surface area contributed by atoms with Crippen LogP contribution in [-0.2, 0) is 9.53 Å². The van der Waals surface area contributed by atoms with Gasteiger partial charge in [-0.05, 0) is 45.2 Å². The quantitative estimate of drug-likeness (QED) is 0.815. The van der Waals surface area contributed by atoms with Crippen LogP contribution in [0.15, 0.2) is 0 Å². The molecule has 0 spiro atoms. The van der Waals surface area contributed by atoms with Gasteiger partial charge in [-0.2, -0.15) is 0 Å². The lowest BCUT2D eigenvalue weighted by molar-refractivity contribution is -0.139. The van der Waals surface area contributed by atoms with E-state index in [9.17, 15) is 4.79 Å². The number of halogens is 2. The minimum atomic E-state index is -0.672. The third-order valence-electron chi connectivity index (χ3n) is 5.17. The molecule has 7 heteroatoms. The predicted octanol–water partition coefficient (Wildman–Crippen LogP) is 1.42. The van der Waals surface area contributed by atoms with Crippen molar-refractivity contribution in [2.24, 2.45) is 5.73 Å². The third kappa shape index (κ3) is 4.26. The Labute approximate surface area is 145 Å². The summed E-state index contributed by atoms with van der Waals surface area (Å²) in [4.78, 5) is 17.3. The summed E-state index contributed by atoms with van der Waals surface area (Å²) in [5.74, 6) is 0.153. The molecule has 0 radical (unpaired) electrons. The van der Waals surface area contributed by atoms with Gasteiger partial charge in [-0.25, -0.2) is 0 Å². The Balaban J connectivity index is 0.00000121. The highest BCUT2D eigenvalue weighted by Crippen LogP contribution is 2.25. The first-order chi connectivity index (χ1) is 9.69. The maximum Gasteiger partial charge on any atom is 0.242 e. The van der Waals surface area contributed by atoms with Gasteiger partial charge in [0.1, 0.15) is 0 Å². The fourth-order valence-electron chi connectivity index (χ4n) is 3.77. The molecule has 0 bridgehead atoms. The van der Waals surface area contributed by atoms with Gasteiger partial charge in [-0.1, -0.05) is 6.42 Å². The summed E-state index contributed by atoms with van der Waals surface area (Å²) in [6.07, 6.45) is 6.41. The molecule has 1 amide bonds.